The normalized spacial score (nSPS) is 14.6. The minimum absolute atomic E-state index is 0.0598. The van der Waals surface area contributed by atoms with Crippen molar-refractivity contribution < 1.29 is 24.3 Å². The first-order valence-electron chi connectivity index (χ1n) is 10.8. The number of nitrogens with two attached hydrogens (primary N) is 2. The quantitative estimate of drug-likeness (QED) is 0.0851. The molecule has 0 radical (unpaired) electrons. The summed E-state index contributed by atoms with van der Waals surface area (Å²) in [5.74, 6) is -3.21. The highest BCUT2D eigenvalue weighted by molar-refractivity contribution is 5.92. The van der Waals surface area contributed by atoms with E-state index in [0.717, 1.165) is 0 Å². The van der Waals surface area contributed by atoms with E-state index >= 15 is 0 Å². The zero-order chi connectivity index (χ0) is 24.8. The maximum Gasteiger partial charge on any atom is 0.326 e. The van der Waals surface area contributed by atoms with Crippen molar-refractivity contribution >= 4 is 29.7 Å². The van der Waals surface area contributed by atoms with Gasteiger partial charge in [0, 0.05) is 6.54 Å². The van der Waals surface area contributed by atoms with E-state index in [1.807, 2.05) is 20.8 Å². The summed E-state index contributed by atoms with van der Waals surface area (Å²) < 4.78 is 0. The number of carboxylic acids is 1. The third kappa shape index (κ3) is 12.1. The van der Waals surface area contributed by atoms with Crippen molar-refractivity contribution in [3.05, 3.63) is 0 Å². The number of hydrogen-bond acceptors (Lipinski definition) is 6. The van der Waals surface area contributed by atoms with Crippen molar-refractivity contribution in [2.75, 3.05) is 13.1 Å². The molecule has 184 valence electrons. The zero-order valence-electron chi connectivity index (χ0n) is 19.4. The van der Waals surface area contributed by atoms with E-state index in [1.165, 1.54) is 0 Å². The Morgan fingerprint density at radius 3 is 2.16 bits per heavy atom. The van der Waals surface area contributed by atoms with Crippen molar-refractivity contribution in [2.45, 2.75) is 71.5 Å². The molecule has 0 saturated carbocycles. The molecular weight excluding hydrogens is 418 g/mol. The van der Waals surface area contributed by atoms with E-state index in [0.29, 0.717) is 32.2 Å². The van der Waals surface area contributed by atoms with E-state index in [1.54, 1.807) is 6.92 Å². The van der Waals surface area contributed by atoms with E-state index < -0.39 is 41.8 Å². The minimum atomic E-state index is -1.14. The van der Waals surface area contributed by atoms with Crippen LogP contribution < -0.4 is 32.7 Å². The standard InChI is InChI=1S/C20H39N7O5/c1-5-12(4)16(19(31)32)27-18(30)14(9-11(2)3)26-15(28)10-25-17(29)13(21)7-6-8-24-20(22)23/h11-14,16H,5-10,21H2,1-4H3,(H,25,29)(H,26,28)(H,27,30)(H,31,32)(H4,22,23,24)/t12-,13-,14-,16-/m0/s1. The number of aliphatic carboxylic acids is 1. The van der Waals surface area contributed by atoms with Crippen LogP contribution in [-0.4, -0.2) is 66.0 Å². The van der Waals surface area contributed by atoms with Crippen molar-refractivity contribution in [3.8, 4) is 0 Å². The number of carbonyl (C=O) groups excluding carboxylic acids is 3. The topological polar surface area (TPSA) is 213 Å². The average molecular weight is 458 g/mol. The molecule has 0 saturated heterocycles. The van der Waals surface area contributed by atoms with Gasteiger partial charge in [-0.25, -0.2) is 4.79 Å². The van der Waals surface area contributed by atoms with Gasteiger partial charge in [-0.1, -0.05) is 34.1 Å². The molecule has 0 aliphatic heterocycles. The first-order valence-corrected chi connectivity index (χ1v) is 10.8. The van der Waals surface area contributed by atoms with Gasteiger partial charge < -0.3 is 37.8 Å². The Labute approximate surface area is 189 Å². The molecule has 0 rings (SSSR count). The summed E-state index contributed by atoms with van der Waals surface area (Å²) in [7, 11) is 0. The summed E-state index contributed by atoms with van der Waals surface area (Å²) in [6.45, 7) is 7.33. The molecule has 0 fully saturated rings. The summed E-state index contributed by atoms with van der Waals surface area (Å²) in [5, 5.41) is 26.5. The number of amides is 3. The second-order valence-corrected chi connectivity index (χ2v) is 8.27. The molecule has 0 bridgehead atoms. The third-order valence-electron chi connectivity index (χ3n) is 4.90. The van der Waals surface area contributed by atoms with Gasteiger partial charge >= 0.3 is 5.97 Å². The summed E-state index contributed by atoms with van der Waals surface area (Å²) in [5.41, 5.74) is 10.9. The van der Waals surface area contributed by atoms with Crippen LogP contribution >= 0.6 is 0 Å². The Hall–Kier alpha value is -2.89. The number of carbonyl (C=O) groups is 4. The van der Waals surface area contributed by atoms with Gasteiger partial charge in [-0.3, -0.25) is 19.8 Å². The highest BCUT2D eigenvalue weighted by Crippen LogP contribution is 2.10. The Morgan fingerprint density at radius 2 is 1.66 bits per heavy atom. The lowest BCUT2D eigenvalue weighted by Crippen LogP contribution is -2.55. The molecule has 12 heteroatoms. The maximum atomic E-state index is 12.7. The maximum absolute atomic E-state index is 12.7. The Bertz CT molecular complexity index is 656. The lowest BCUT2D eigenvalue weighted by atomic mass is 9.97. The lowest BCUT2D eigenvalue weighted by Gasteiger charge is -2.25. The fraction of sp³-hybridized carbons (Fsp3) is 0.750. The lowest BCUT2D eigenvalue weighted by molar-refractivity contribution is -0.143. The molecule has 32 heavy (non-hydrogen) atoms. The first kappa shape index (κ1) is 29.1. The summed E-state index contributed by atoms with van der Waals surface area (Å²) in [4.78, 5) is 48.5. The van der Waals surface area contributed by atoms with E-state index in [9.17, 15) is 24.3 Å². The highest BCUT2D eigenvalue weighted by atomic mass is 16.4. The smallest absolute Gasteiger partial charge is 0.326 e. The second kappa shape index (κ2) is 15.0. The SMILES string of the molecule is CC[C@H](C)[C@H](NC(=O)[C@H](CC(C)C)NC(=O)CNC(=O)[C@@H](N)CCCNC(=N)N)C(=O)O. The highest BCUT2D eigenvalue weighted by Gasteiger charge is 2.30. The Kier molecular flexibility index (Phi) is 13.6. The van der Waals surface area contributed by atoms with Crippen LogP contribution in [0.3, 0.4) is 0 Å². The number of carboxylic acid groups (broad SMARTS) is 1. The molecule has 10 N–H and O–H groups in total. The summed E-state index contributed by atoms with van der Waals surface area (Å²) >= 11 is 0. The number of guanidine groups is 1. The van der Waals surface area contributed by atoms with Crippen molar-refractivity contribution in [2.24, 2.45) is 23.3 Å². The largest absolute Gasteiger partial charge is 0.480 e. The van der Waals surface area contributed by atoms with Crippen molar-refractivity contribution in [1.29, 1.82) is 5.41 Å². The van der Waals surface area contributed by atoms with Gasteiger partial charge in [0.15, 0.2) is 5.96 Å². The number of rotatable bonds is 15. The van der Waals surface area contributed by atoms with Gasteiger partial charge in [0.25, 0.3) is 0 Å². The molecule has 0 aromatic rings. The van der Waals surface area contributed by atoms with Crippen LogP contribution in [0.15, 0.2) is 0 Å². The summed E-state index contributed by atoms with van der Waals surface area (Å²) in [6.07, 6.45) is 1.72. The molecular formula is C20H39N7O5. The van der Waals surface area contributed by atoms with Gasteiger partial charge in [-0.15, -0.1) is 0 Å². The van der Waals surface area contributed by atoms with Gasteiger partial charge in [-0.2, -0.15) is 0 Å². The Morgan fingerprint density at radius 1 is 1.03 bits per heavy atom. The fourth-order valence-electron chi connectivity index (χ4n) is 2.86. The Balaban J connectivity index is 4.77. The van der Waals surface area contributed by atoms with Gasteiger partial charge in [-0.05, 0) is 31.1 Å². The van der Waals surface area contributed by atoms with Crippen LogP contribution in [0.25, 0.3) is 0 Å². The average Bonchev–Trinajstić information content (AvgIpc) is 2.71. The zero-order valence-corrected chi connectivity index (χ0v) is 19.4. The molecule has 0 unspecified atom stereocenters. The first-order chi connectivity index (χ1) is 14.9. The molecule has 0 aromatic carbocycles. The van der Waals surface area contributed by atoms with Crippen LogP contribution in [0.5, 0.6) is 0 Å². The van der Waals surface area contributed by atoms with E-state index in [4.69, 9.17) is 16.9 Å². The summed E-state index contributed by atoms with van der Waals surface area (Å²) in [6, 6.07) is -2.83. The predicted molar refractivity (Wildman–Crippen MR) is 121 cm³/mol. The van der Waals surface area contributed by atoms with Gasteiger partial charge in [0.2, 0.25) is 17.7 Å². The van der Waals surface area contributed by atoms with Gasteiger partial charge in [0.1, 0.15) is 12.1 Å². The van der Waals surface area contributed by atoms with Crippen molar-refractivity contribution in [3.63, 3.8) is 0 Å². The van der Waals surface area contributed by atoms with Gasteiger partial charge in [0.05, 0.1) is 12.6 Å². The van der Waals surface area contributed by atoms with Crippen LogP contribution in [0, 0.1) is 17.2 Å². The van der Waals surface area contributed by atoms with Crippen molar-refractivity contribution in [1.82, 2.24) is 21.3 Å². The molecule has 0 aromatic heterocycles. The molecule has 4 atom stereocenters. The fourth-order valence-corrected chi connectivity index (χ4v) is 2.86. The van der Waals surface area contributed by atoms with E-state index in [-0.39, 0.29) is 24.3 Å². The molecule has 0 aliphatic rings. The number of nitrogens with one attached hydrogen (secondary N) is 5. The van der Waals surface area contributed by atoms with E-state index in [2.05, 4.69) is 21.3 Å². The molecule has 0 aliphatic carbocycles. The molecule has 12 nitrogen and oxygen atoms in total. The van der Waals surface area contributed by atoms with Crippen LogP contribution in [0.2, 0.25) is 0 Å². The van der Waals surface area contributed by atoms with Crippen LogP contribution in [0.4, 0.5) is 0 Å². The third-order valence-corrected chi connectivity index (χ3v) is 4.90. The molecule has 0 spiro atoms. The monoisotopic (exact) mass is 457 g/mol. The van der Waals surface area contributed by atoms with Crippen LogP contribution in [-0.2, 0) is 19.2 Å². The predicted octanol–water partition coefficient (Wildman–Crippen LogP) is -1.16. The molecule has 0 heterocycles. The number of hydrogen-bond donors (Lipinski definition) is 8. The second-order valence-electron chi connectivity index (χ2n) is 8.27. The van der Waals surface area contributed by atoms with Crippen LogP contribution in [0.1, 0.15) is 53.4 Å². The minimum Gasteiger partial charge on any atom is -0.480 e. The molecule has 3 amide bonds.